The molecule has 0 aromatic heterocycles. The average molecular weight is 175 g/mol. The van der Waals surface area contributed by atoms with Crippen molar-refractivity contribution in [3.8, 4) is 0 Å². The van der Waals surface area contributed by atoms with Crippen molar-refractivity contribution in [3.63, 3.8) is 0 Å². The lowest BCUT2D eigenvalue weighted by Crippen LogP contribution is -2.29. The number of nitrogens with one attached hydrogen (secondary N) is 1. The van der Waals surface area contributed by atoms with Crippen molar-refractivity contribution in [1.82, 2.24) is 5.32 Å². The van der Waals surface area contributed by atoms with E-state index in [-0.39, 0.29) is 0 Å². The van der Waals surface area contributed by atoms with Crippen molar-refractivity contribution in [3.05, 3.63) is 0 Å². The Bertz CT molecular complexity index is 134. The fraction of sp³-hybridized carbons (Fsp3) is 0.857. The smallest absolute Gasteiger partial charge is 0.404 e. The molecule has 64 valence electrons. The summed E-state index contributed by atoms with van der Waals surface area (Å²) in [6.07, 6.45) is 1.42. The highest BCUT2D eigenvalue weighted by Gasteiger charge is 2.13. The first kappa shape index (κ1) is 8.71. The molecular formula is C7H13NO2S. The molecule has 1 saturated heterocycles. The fourth-order valence-corrected chi connectivity index (χ4v) is 2.39. The largest absolute Gasteiger partial charge is 0.465 e. The van der Waals surface area contributed by atoms with Crippen molar-refractivity contribution in [1.29, 1.82) is 0 Å². The quantitative estimate of drug-likeness (QED) is 0.667. The molecule has 2 N–H and O–H groups in total. The molecule has 0 aromatic rings. The van der Waals surface area contributed by atoms with Crippen LogP contribution in [0.15, 0.2) is 0 Å². The summed E-state index contributed by atoms with van der Waals surface area (Å²) in [5.41, 5.74) is 0. The third-order valence-electron chi connectivity index (χ3n) is 1.88. The molecule has 0 bridgehead atoms. The number of thioether (sulfide) groups is 1. The van der Waals surface area contributed by atoms with Crippen LogP contribution < -0.4 is 5.32 Å². The Balaban J connectivity index is 2.09. The molecule has 0 atom stereocenters. The topological polar surface area (TPSA) is 49.3 Å². The van der Waals surface area contributed by atoms with Crippen molar-refractivity contribution in [2.45, 2.75) is 12.8 Å². The van der Waals surface area contributed by atoms with Gasteiger partial charge in [-0.3, -0.25) is 0 Å². The second kappa shape index (κ2) is 4.49. The number of carboxylic acid groups (broad SMARTS) is 1. The van der Waals surface area contributed by atoms with Crippen LogP contribution in [0.5, 0.6) is 0 Å². The lowest BCUT2D eigenvalue weighted by atomic mass is 10.0. The maximum atomic E-state index is 10.1. The lowest BCUT2D eigenvalue weighted by Gasteiger charge is -2.20. The third-order valence-corrected chi connectivity index (χ3v) is 2.93. The SMILES string of the molecule is O=C(O)NCC1CCSCC1. The molecule has 1 aliphatic rings. The Labute approximate surface area is 70.6 Å². The number of hydrogen-bond donors (Lipinski definition) is 2. The number of hydrogen-bond acceptors (Lipinski definition) is 2. The van der Waals surface area contributed by atoms with Crippen molar-refractivity contribution >= 4 is 17.9 Å². The standard InChI is InChI=1S/C7H13NO2S/c9-7(10)8-5-6-1-3-11-4-2-6/h6,8H,1-5H2,(H,9,10). The first-order valence-electron chi connectivity index (χ1n) is 3.83. The van der Waals surface area contributed by atoms with Gasteiger partial charge in [-0.15, -0.1) is 0 Å². The Morgan fingerprint density at radius 3 is 2.73 bits per heavy atom. The van der Waals surface area contributed by atoms with E-state index in [2.05, 4.69) is 5.32 Å². The fourth-order valence-electron chi connectivity index (χ4n) is 1.18. The van der Waals surface area contributed by atoms with Crippen LogP contribution in [0.3, 0.4) is 0 Å². The normalized spacial score (nSPS) is 19.6. The maximum absolute atomic E-state index is 10.1. The summed E-state index contributed by atoms with van der Waals surface area (Å²) in [4.78, 5) is 10.1. The van der Waals surface area contributed by atoms with Gasteiger partial charge in [0.15, 0.2) is 0 Å². The molecule has 1 rings (SSSR count). The first-order chi connectivity index (χ1) is 5.29. The summed E-state index contributed by atoms with van der Waals surface area (Å²) in [5.74, 6) is 2.95. The van der Waals surface area contributed by atoms with Crippen LogP contribution in [-0.4, -0.2) is 29.3 Å². The average Bonchev–Trinajstić information content (AvgIpc) is 2.03. The second-order valence-corrected chi connectivity index (χ2v) is 3.97. The van der Waals surface area contributed by atoms with E-state index < -0.39 is 6.09 Å². The van der Waals surface area contributed by atoms with Gasteiger partial charge in [0.25, 0.3) is 0 Å². The zero-order valence-corrected chi connectivity index (χ0v) is 7.19. The number of carbonyl (C=O) groups is 1. The van der Waals surface area contributed by atoms with E-state index in [0.717, 1.165) is 12.8 Å². The minimum atomic E-state index is -0.900. The molecule has 0 aromatic carbocycles. The van der Waals surface area contributed by atoms with Crippen LogP contribution in [0, 0.1) is 5.92 Å². The Kier molecular flexibility index (Phi) is 3.56. The van der Waals surface area contributed by atoms with E-state index in [1.807, 2.05) is 11.8 Å². The van der Waals surface area contributed by atoms with E-state index in [1.54, 1.807) is 0 Å². The Morgan fingerprint density at radius 2 is 2.18 bits per heavy atom. The van der Waals surface area contributed by atoms with Gasteiger partial charge in [0.2, 0.25) is 0 Å². The molecule has 11 heavy (non-hydrogen) atoms. The lowest BCUT2D eigenvalue weighted by molar-refractivity contribution is 0.192. The molecule has 0 spiro atoms. The molecule has 0 unspecified atom stereocenters. The first-order valence-corrected chi connectivity index (χ1v) is 4.99. The van der Waals surface area contributed by atoms with Crippen LogP contribution in [0.25, 0.3) is 0 Å². The molecular weight excluding hydrogens is 162 g/mol. The van der Waals surface area contributed by atoms with E-state index in [9.17, 15) is 4.79 Å². The summed E-state index contributed by atoms with van der Waals surface area (Å²) >= 11 is 1.96. The Morgan fingerprint density at radius 1 is 1.55 bits per heavy atom. The molecule has 0 radical (unpaired) electrons. The van der Waals surface area contributed by atoms with Gasteiger partial charge in [0.1, 0.15) is 0 Å². The molecule has 1 aliphatic heterocycles. The third kappa shape index (κ3) is 3.51. The summed E-state index contributed by atoms with van der Waals surface area (Å²) in [5, 5.41) is 10.8. The van der Waals surface area contributed by atoms with Crippen LogP contribution >= 0.6 is 11.8 Å². The highest BCUT2D eigenvalue weighted by Crippen LogP contribution is 2.21. The van der Waals surface area contributed by atoms with E-state index in [4.69, 9.17) is 5.11 Å². The second-order valence-electron chi connectivity index (χ2n) is 2.74. The zero-order valence-electron chi connectivity index (χ0n) is 6.38. The van der Waals surface area contributed by atoms with Gasteiger partial charge in [-0.1, -0.05) is 0 Å². The van der Waals surface area contributed by atoms with Gasteiger partial charge >= 0.3 is 6.09 Å². The minimum absolute atomic E-state index is 0.576. The van der Waals surface area contributed by atoms with E-state index >= 15 is 0 Å². The van der Waals surface area contributed by atoms with Gasteiger partial charge < -0.3 is 10.4 Å². The van der Waals surface area contributed by atoms with Gasteiger partial charge in [0.05, 0.1) is 0 Å². The molecule has 1 heterocycles. The van der Waals surface area contributed by atoms with Gasteiger partial charge in [0, 0.05) is 6.54 Å². The maximum Gasteiger partial charge on any atom is 0.404 e. The molecule has 0 aliphatic carbocycles. The van der Waals surface area contributed by atoms with E-state index in [0.29, 0.717) is 12.5 Å². The molecule has 4 heteroatoms. The molecule has 3 nitrogen and oxygen atoms in total. The summed E-state index contributed by atoms with van der Waals surface area (Å²) < 4.78 is 0. The van der Waals surface area contributed by atoms with Crippen molar-refractivity contribution in [2.75, 3.05) is 18.1 Å². The molecule has 0 saturated carbocycles. The van der Waals surface area contributed by atoms with Crippen molar-refractivity contribution in [2.24, 2.45) is 5.92 Å². The molecule has 1 fully saturated rings. The van der Waals surface area contributed by atoms with Crippen LogP contribution in [0.1, 0.15) is 12.8 Å². The van der Waals surface area contributed by atoms with E-state index in [1.165, 1.54) is 11.5 Å². The molecule has 1 amide bonds. The zero-order chi connectivity index (χ0) is 8.10. The van der Waals surface area contributed by atoms with Crippen LogP contribution in [-0.2, 0) is 0 Å². The van der Waals surface area contributed by atoms with Crippen LogP contribution in [0.4, 0.5) is 4.79 Å². The minimum Gasteiger partial charge on any atom is -0.465 e. The number of rotatable bonds is 2. The predicted molar refractivity (Wildman–Crippen MR) is 46.1 cm³/mol. The van der Waals surface area contributed by atoms with Gasteiger partial charge in [-0.05, 0) is 30.3 Å². The predicted octanol–water partition coefficient (Wildman–Crippen LogP) is 1.40. The number of amides is 1. The summed E-state index contributed by atoms with van der Waals surface area (Å²) in [6.45, 7) is 0.635. The summed E-state index contributed by atoms with van der Waals surface area (Å²) in [6, 6.07) is 0. The van der Waals surface area contributed by atoms with Gasteiger partial charge in [-0.2, -0.15) is 11.8 Å². The van der Waals surface area contributed by atoms with Gasteiger partial charge in [-0.25, -0.2) is 4.79 Å². The summed E-state index contributed by atoms with van der Waals surface area (Å²) in [7, 11) is 0. The monoisotopic (exact) mass is 175 g/mol. The Hall–Kier alpha value is -0.380. The van der Waals surface area contributed by atoms with Crippen LogP contribution in [0.2, 0.25) is 0 Å². The highest BCUT2D eigenvalue weighted by atomic mass is 32.2. The highest BCUT2D eigenvalue weighted by molar-refractivity contribution is 7.99. The van der Waals surface area contributed by atoms with Crippen molar-refractivity contribution < 1.29 is 9.90 Å².